The number of amides is 1. The van der Waals surface area contributed by atoms with Crippen molar-refractivity contribution in [2.24, 2.45) is 0 Å². The molecular formula is C21H16Cl3NO4S. The van der Waals surface area contributed by atoms with Gasteiger partial charge in [0, 0.05) is 16.3 Å². The summed E-state index contributed by atoms with van der Waals surface area (Å²) < 4.78 is 30.7. The first-order valence-electron chi connectivity index (χ1n) is 8.76. The molecule has 9 heteroatoms. The minimum atomic E-state index is -3.69. The molecule has 0 saturated carbocycles. The number of rotatable bonds is 6. The van der Waals surface area contributed by atoms with Crippen molar-refractivity contribution in [1.82, 2.24) is 0 Å². The number of benzene rings is 3. The summed E-state index contributed by atoms with van der Waals surface area (Å²) in [6.07, 6.45) is 0. The van der Waals surface area contributed by atoms with Gasteiger partial charge in [0.15, 0.2) is 5.75 Å². The summed E-state index contributed by atoms with van der Waals surface area (Å²) in [6, 6.07) is 14.6. The van der Waals surface area contributed by atoms with Crippen molar-refractivity contribution >= 4 is 56.2 Å². The van der Waals surface area contributed by atoms with Gasteiger partial charge in [-0.25, -0.2) is 8.42 Å². The molecule has 0 radical (unpaired) electrons. The molecule has 1 amide bonds. The van der Waals surface area contributed by atoms with Gasteiger partial charge in [0.2, 0.25) is 9.84 Å². The molecule has 0 aliphatic heterocycles. The summed E-state index contributed by atoms with van der Waals surface area (Å²) in [4.78, 5) is 12.7. The molecule has 0 unspecified atom stereocenters. The molecular weight excluding hydrogens is 469 g/mol. The van der Waals surface area contributed by atoms with Crippen molar-refractivity contribution in [3.63, 3.8) is 0 Å². The van der Waals surface area contributed by atoms with Crippen molar-refractivity contribution in [2.75, 3.05) is 11.9 Å². The highest BCUT2D eigenvalue weighted by atomic mass is 35.5. The number of anilines is 1. The van der Waals surface area contributed by atoms with Gasteiger partial charge in [-0.1, -0.05) is 34.8 Å². The van der Waals surface area contributed by atoms with E-state index in [2.05, 4.69) is 5.32 Å². The lowest BCUT2D eigenvalue weighted by Crippen LogP contribution is -2.12. The Morgan fingerprint density at radius 2 is 1.40 bits per heavy atom. The van der Waals surface area contributed by atoms with Gasteiger partial charge in [-0.2, -0.15) is 0 Å². The Morgan fingerprint density at radius 1 is 0.900 bits per heavy atom. The van der Waals surface area contributed by atoms with Gasteiger partial charge in [0.1, 0.15) is 0 Å². The molecule has 0 fully saturated rings. The van der Waals surface area contributed by atoms with Gasteiger partial charge in [-0.05, 0) is 67.6 Å². The predicted octanol–water partition coefficient (Wildman–Crippen LogP) is 6.13. The molecule has 0 aromatic heterocycles. The van der Waals surface area contributed by atoms with Crippen LogP contribution in [0.5, 0.6) is 5.75 Å². The summed E-state index contributed by atoms with van der Waals surface area (Å²) in [5, 5.41) is 3.57. The molecule has 3 aromatic rings. The number of hydrogen-bond donors (Lipinski definition) is 1. The second-order valence-corrected chi connectivity index (χ2v) is 9.34. The van der Waals surface area contributed by atoms with E-state index >= 15 is 0 Å². The first-order chi connectivity index (χ1) is 14.2. The predicted molar refractivity (Wildman–Crippen MR) is 119 cm³/mol. The maximum atomic E-state index is 12.7. The van der Waals surface area contributed by atoms with Crippen LogP contribution in [0.1, 0.15) is 17.3 Å². The fourth-order valence-corrected chi connectivity index (χ4v) is 4.63. The fourth-order valence-electron chi connectivity index (χ4n) is 2.64. The van der Waals surface area contributed by atoms with Crippen molar-refractivity contribution < 1.29 is 17.9 Å². The van der Waals surface area contributed by atoms with E-state index in [1.54, 1.807) is 6.92 Å². The van der Waals surface area contributed by atoms with Crippen molar-refractivity contribution in [3.05, 3.63) is 81.3 Å². The number of hydrogen-bond acceptors (Lipinski definition) is 4. The van der Waals surface area contributed by atoms with E-state index in [-0.39, 0.29) is 25.4 Å². The van der Waals surface area contributed by atoms with Crippen LogP contribution >= 0.6 is 34.8 Å². The first kappa shape index (κ1) is 22.4. The van der Waals surface area contributed by atoms with Crippen LogP contribution in [-0.2, 0) is 9.84 Å². The van der Waals surface area contributed by atoms with E-state index in [9.17, 15) is 13.2 Å². The Morgan fingerprint density at radius 3 is 1.90 bits per heavy atom. The zero-order valence-corrected chi connectivity index (χ0v) is 18.7. The van der Waals surface area contributed by atoms with Gasteiger partial charge < -0.3 is 10.1 Å². The Labute approximate surface area is 189 Å². The number of sulfone groups is 1. The lowest BCUT2D eigenvalue weighted by atomic mass is 10.2. The highest BCUT2D eigenvalue weighted by molar-refractivity contribution is 7.91. The smallest absolute Gasteiger partial charge is 0.255 e. The van der Waals surface area contributed by atoms with Gasteiger partial charge in [0.05, 0.1) is 26.4 Å². The highest BCUT2D eigenvalue weighted by Crippen LogP contribution is 2.34. The summed E-state index contributed by atoms with van der Waals surface area (Å²) in [6.45, 7) is 2.18. The number of carbonyl (C=O) groups excluding carboxylic acids is 1. The van der Waals surface area contributed by atoms with Crippen LogP contribution in [0.2, 0.25) is 15.1 Å². The third-order valence-electron chi connectivity index (χ3n) is 4.10. The van der Waals surface area contributed by atoms with E-state index in [0.29, 0.717) is 23.1 Å². The van der Waals surface area contributed by atoms with Crippen LogP contribution in [0.15, 0.2) is 70.5 Å². The standard InChI is InChI=1S/C21H16Cl3NO4S/c1-2-29-20-18(23)11-13(12-19(20)24)21(26)25-15-5-9-17(10-6-15)30(27,28)16-7-3-14(22)4-8-16/h3-12H,2H2,1H3,(H,25,26). The molecule has 156 valence electrons. The Kier molecular flexibility index (Phi) is 6.93. The molecule has 1 N–H and O–H groups in total. The SMILES string of the molecule is CCOc1c(Cl)cc(C(=O)Nc2ccc(S(=O)(=O)c3ccc(Cl)cc3)cc2)cc1Cl. The van der Waals surface area contributed by atoms with Crippen LogP contribution in [0.4, 0.5) is 5.69 Å². The molecule has 0 aliphatic carbocycles. The molecule has 0 bridgehead atoms. The number of halogens is 3. The summed E-state index contributed by atoms with van der Waals surface area (Å²) in [7, 11) is -3.69. The van der Waals surface area contributed by atoms with E-state index in [1.165, 1.54) is 60.7 Å². The lowest BCUT2D eigenvalue weighted by molar-refractivity contribution is 0.102. The molecule has 0 aliphatic rings. The highest BCUT2D eigenvalue weighted by Gasteiger charge is 2.18. The van der Waals surface area contributed by atoms with Gasteiger partial charge in [-0.3, -0.25) is 4.79 Å². The van der Waals surface area contributed by atoms with Crippen molar-refractivity contribution in [1.29, 1.82) is 0 Å². The molecule has 3 rings (SSSR count). The second kappa shape index (κ2) is 9.27. The zero-order valence-electron chi connectivity index (χ0n) is 15.7. The van der Waals surface area contributed by atoms with Gasteiger partial charge >= 0.3 is 0 Å². The Hall–Kier alpha value is -2.25. The summed E-state index contributed by atoms with van der Waals surface area (Å²) in [5.74, 6) is -0.135. The van der Waals surface area contributed by atoms with E-state index in [1.807, 2.05) is 0 Å². The minimum absolute atomic E-state index is 0.0926. The monoisotopic (exact) mass is 483 g/mol. The van der Waals surface area contributed by atoms with E-state index in [0.717, 1.165) is 0 Å². The number of carbonyl (C=O) groups is 1. The van der Waals surface area contributed by atoms with Crippen LogP contribution in [0, 0.1) is 0 Å². The van der Waals surface area contributed by atoms with Crippen LogP contribution in [0.3, 0.4) is 0 Å². The molecule has 3 aromatic carbocycles. The summed E-state index contributed by atoms with van der Waals surface area (Å²) in [5.41, 5.74) is 0.655. The minimum Gasteiger partial charge on any atom is -0.491 e. The van der Waals surface area contributed by atoms with Crippen LogP contribution in [-0.4, -0.2) is 20.9 Å². The van der Waals surface area contributed by atoms with E-state index in [4.69, 9.17) is 39.5 Å². The number of nitrogens with one attached hydrogen (secondary N) is 1. The Bertz CT molecular complexity index is 1150. The van der Waals surface area contributed by atoms with Crippen LogP contribution in [0.25, 0.3) is 0 Å². The third-order valence-corrected chi connectivity index (χ3v) is 6.69. The van der Waals surface area contributed by atoms with Gasteiger partial charge in [-0.15, -0.1) is 0 Å². The molecule has 0 saturated heterocycles. The topological polar surface area (TPSA) is 72.5 Å². The Balaban J connectivity index is 1.79. The maximum Gasteiger partial charge on any atom is 0.255 e. The lowest BCUT2D eigenvalue weighted by Gasteiger charge is -2.11. The summed E-state index contributed by atoms with van der Waals surface area (Å²) >= 11 is 18.1. The quantitative estimate of drug-likeness (QED) is 0.457. The molecule has 0 spiro atoms. The van der Waals surface area contributed by atoms with Crippen molar-refractivity contribution in [2.45, 2.75) is 16.7 Å². The molecule has 0 heterocycles. The average molecular weight is 485 g/mol. The normalized spacial score (nSPS) is 11.2. The fraction of sp³-hybridized carbons (Fsp3) is 0.0952. The molecule has 30 heavy (non-hydrogen) atoms. The van der Waals surface area contributed by atoms with Gasteiger partial charge in [0.25, 0.3) is 5.91 Å². The zero-order chi connectivity index (χ0) is 21.9. The largest absolute Gasteiger partial charge is 0.491 e. The maximum absolute atomic E-state index is 12.7. The number of ether oxygens (including phenoxy) is 1. The first-order valence-corrected chi connectivity index (χ1v) is 11.4. The second-order valence-electron chi connectivity index (χ2n) is 6.14. The van der Waals surface area contributed by atoms with E-state index < -0.39 is 15.7 Å². The molecule has 0 atom stereocenters. The average Bonchev–Trinajstić information content (AvgIpc) is 2.71. The third kappa shape index (κ3) is 4.90. The van der Waals surface area contributed by atoms with Crippen LogP contribution < -0.4 is 10.1 Å². The van der Waals surface area contributed by atoms with Crippen molar-refractivity contribution in [3.8, 4) is 5.75 Å². The molecule has 5 nitrogen and oxygen atoms in total.